The van der Waals surface area contributed by atoms with E-state index < -0.39 is 0 Å². The van der Waals surface area contributed by atoms with Crippen molar-refractivity contribution in [2.24, 2.45) is 0 Å². The molecule has 0 atom stereocenters. The third kappa shape index (κ3) is 9.13. The fourth-order valence-electron chi connectivity index (χ4n) is 0. The second-order valence-electron chi connectivity index (χ2n) is 0. The number of hydrogen-bond donors (Lipinski definition) is 0. The summed E-state index contributed by atoms with van der Waals surface area (Å²) in [7, 11) is 0. The van der Waals surface area contributed by atoms with Gasteiger partial charge >= 0.3 is 38.0 Å². The van der Waals surface area contributed by atoms with Crippen LogP contribution in [0, 0.1) is 0 Å². The molecule has 0 aliphatic rings. The van der Waals surface area contributed by atoms with Gasteiger partial charge in [0.1, 0.15) is 0 Å². The molecule has 0 bridgehead atoms. The predicted octanol–water partition coefficient (Wildman–Crippen LogP) is -0.388. The van der Waals surface area contributed by atoms with Gasteiger partial charge in [0.15, 0.2) is 0 Å². The van der Waals surface area contributed by atoms with Crippen molar-refractivity contribution < 1.29 is 76.2 Å². The third-order valence-electron chi connectivity index (χ3n) is 0. The van der Waals surface area contributed by atoms with E-state index in [-0.39, 0.29) is 55.0 Å². The Balaban J connectivity index is -0.00000000500. The normalized spacial score (nSPS) is 1.50. The standard InChI is InChI=1S/Cd.2Hg.Te. The van der Waals surface area contributed by atoms with Gasteiger partial charge in [0, 0.05) is 55.0 Å². The van der Waals surface area contributed by atoms with Gasteiger partial charge in [0.05, 0.1) is 0 Å². The quantitative estimate of drug-likeness (QED) is 0.317. The van der Waals surface area contributed by atoms with Crippen LogP contribution in [0.3, 0.4) is 0 Å². The minimum absolute atomic E-state index is 0. The average molecular weight is 641 g/mol. The van der Waals surface area contributed by atoms with Crippen LogP contribution in [0.25, 0.3) is 0 Å². The van der Waals surface area contributed by atoms with Crippen molar-refractivity contribution in [1.82, 2.24) is 0 Å². The van der Waals surface area contributed by atoms with Crippen molar-refractivity contribution >= 4 is 16.8 Å². The maximum absolute atomic E-state index is 2.14. The van der Waals surface area contributed by atoms with Gasteiger partial charge < -0.3 is 0 Å². The zero-order chi connectivity index (χ0) is 2.00. The van der Waals surface area contributed by atoms with E-state index in [1.807, 2.05) is 0 Å². The van der Waals surface area contributed by atoms with Gasteiger partial charge in [-0.15, -0.1) is 0 Å². The molecule has 0 rings (SSSR count). The second-order valence-corrected chi connectivity index (χ2v) is 0. The van der Waals surface area contributed by atoms with Crippen molar-refractivity contribution in [3.05, 3.63) is 0 Å². The molecule has 4 heteroatoms. The Morgan fingerprint density at radius 3 is 1.25 bits per heavy atom. The summed E-state index contributed by atoms with van der Waals surface area (Å²) in [6.07, 6.45) is 0. The molecule has 0 aromatic rings. The molecule has 0 heterocycles. The van der Waals surface area contributed by atoms with Crippen LogP contribution in [0.5, 0.6) is 0 Å². The Bertz CT molecular complexity index is 6.00. The van der Waals surface area contributed by atoms with Crippen LogP contribution < -0.4 is 0 Å². The molecule has 0 aliphatic heterocycles. The van der Waals surface area contributed by atoms with Gasteiger partial charge in [-0.3, -0.25) is 0 Å². The van der Waals surface area contributed by atoms with Crippen molar-refractivity contribution in [3.63, 3.8) is 0 Å². The fraction of sp³-hybridized carbons (Fsp3) is 0. The molecular formula is CdHg2Te. The van der Waals surface area contributed by atoms with E-state index in [0.717, 1.165) is 21.2 Å². The van der Waals surface area contributed by atoms with Crippen molar-refractivity contribution in [2.75, 3.05) is 0 Å². The van der Waals surface area contributed by atoms with Gasteiger partial charge in [0.2, 0.25) is 0 Å². The molecule has 0 aromatic heterocycles. The van der Waals surface area contributed by atoms with Gasteiger partial charge in [-0.25, -0.2) is 0 Å². The van der Waals surface area contributed by atoms with Crippen LogP contribution in [0.4, 0.5) is 0 Å². The number of hydrogen-bond acceptors (Lipinski definition) is 0. The summed E-state index contributed by atoms with van der Waals surface area (Å²) in [6.45, 7) is 0. The molecule has 0 unspecified atom stereocenters. The van der Waals surface area contributed by atoms with Gasteiger partial charge in [0.25, 0.3) is 0 Å². The summed E-state index contributed by atoms with van der Waals surface area (Å²) >= 11 is 3.18. The molecule has 0 nitrogen and oxygen atoms in total. The van der Waals surface area contributed by atoms with Gasteiger partial charge in [-0.05, 0) is 0 Å². The van der Waals surface area contributed by atoms with Gasteiger partial charge in [-0.2, -0.15) is 0 Å². The third-order valence-corrected chi connectivity index (χ3v) is 0. The van der Waals surface area contributed by atoms with Crippen molar-refractivity contribution in [3.8, 4) is 0 Å². The van der Waals surface area contributed by atoms with Crippen LogP contribution in [-0.2, 0) is 76.2 Å². The van der Waals surface area contributed by atoms with Crippen LogP contribution in [0.15, 0.2) is 0 Å². The van der Waals surface area contributed by atoms with E-state index >= 15 is 0 Å². The topological polar surface area (TPSA) is 0 Å². The summed E-state index contributed by atoms with van der Waals surface area (Å²) in [5.41, 5.74) is 0. The molecule has 0 aromatic carbocycles. The summed E-state index contributed by atoms with van der Waals surface area (Å²) < 4.78 is 0. The maximum atomic E-state index is 2.14. The van der Waals surface area contributed by atoms with Crippen LogP contribution in [0.2, 0.25) is 0 Å². The Hall–Kier alpha value is 3.58. The van der Waals surface area contributed by atoms with E-state index in [1.165, 1.54) is 0 Å². The fourth-order valence-corrected chi connectivity index (χ4v) is 0. The second kappa shape index (κ2) is 16.0. The Morgan fingerprint density at radius 2 is 1.25 bits per heavy atom. The predicted molar refractivity (Wildman–Crippen MR) is 5.75 cm³/mol. The van der Waals surface area contributed by atoms with Gasteiger partial charge in [-0.1, -0.05) is 0 Å². The first-order valence-electron chi connectivity index (χ1n) is 0.289. The molecule has 4 heavy (non-hydrogen) atoms. The summed E-state index contributed by atoms with van der Waals surface area (Å²) in [5.74, 6) is 0. The van der Waals surface area contributed by atoms with E-state index in [0.29, 0.717) is 0 Å². The van der Waals surface area contributed by atoms with E-state index in [1.54, 1.807) is 0 Å². The molecule has 0 radical (unpaired) electrons. The van der Waals surface area contributed by atoms with E-state index in [9.17, 15) is 0 Å². The summed E-state index contributed by atoms with van der Waals surface area (Å²) in [5, 5.41) is 0. The average Bonchev–Trinajstić information content (AvgIpc) is 1.00. The molecule has 0 saturated heterocycles. The molecule has 0 N–H and O–H groups in total. The first-order valence-corrected chi connectivity index (χ1v) is 17.0. The zero-order valence-electron chi connectivity index (χ0n) is 2.53. The van der Waals surface area contributed by atoms with Crippen molar-refractivity contribution in [2.45, 2.75) is 0 Å². The Morgan fingerprint density at radius 1 is 1.25 bits per heavy atom. The summed E-state index contributed by atoms with van der Waals surface area (Å²) in [4.78, 5) is 0. The first-order chi connectivity index (χ1) is 1.00. The molecular weight excluding hydrogens is 641 g/mol. The summed E-state index contributed by atoms with van der Waals surface area (Å²) in [6, 6.07) is 0. The molecule has 0 fully saturated rings. The molecule has 12 valence electrons. The Kier molecular flexibility index (Phi) is 62.5. The monoisotopic (exact) mass is 648 g/mol. The van der Waals surface area contributed by atoms with Crippen LogP contribution in [-0.4, -0.2) is 16.8 Å². The van der Waals surface area contributed by atoms with Crippen LogP contribution >= 0.6 is 0 Å². The first kappa shape index (κ1) is 15.6. The van der Waals surface area contributed by atoms with Crippen LogP contribution in [0.1, 0.15) is 0 Å². The number of rotatable bonds is 0. The van der Waals surface area contributed by atoms with E-state index in [4.69, 9.17) is 0 Å². The zero-order valence-corrected chi connectivity index (χ0v) is 19.9. The molecule has 0 aliphatic carbocycles. The Labute approximate surface area is 90.4 Å². The molecule has 0 saturated carbocycles. The molecule has 0 spiro atoms. The SMILES string of the molecule is [Cd].[Hg].[Te]=[Hg]. The van der Waals surface area contributed by atoms with Crippen molar-refractivity contribution in [1.29, 1.82) is 0 Å². The molecule has 0 amide bonds. The van der Waals surface area contributed by atoms with E-state index in [2.05, 4.69) is 16.8 Å². The minimum atomic E-state index is 0.